The van der Waals surface area contributed by atoms with Gasteiger partial charge in [-0.2, -0.15) is 5.26 Å². The zero-order valence-electron chi connectivity index (χ0n) is 8.66. The summed E-state index contributed by atoms with van der Waals surface area (Å²) in [5.74, 6) is -0.357. The monoisotopic (exact) mass is 255 g/mol. The van der Waals surface area contributed by atoms with Gasteiger partial charge in [0, 0.05) is 9.92 Å². The molecule has 0 amide bonds. The molecule has 3 nitrogen and oxygen atoms in total. The smallest absolute Gasteiger partial charge is 0.310 e. The summed E-state index contributed by atoms with van der Waals surface area (Å²) >= 11 is 10.1. The van der Waals surface area contributed by atoms with Gasteiger partial charge in [0.05, 0.1) is 24.7 Å². The fourth-order valence-electron chi connectivity index (χ4n) is 1.22. The van der Waals surface area contributed by atoms with E-state index in [4.69, 9.17) is 21.6 Å². The number of ether oxygens (including phenoxy) is 1. The molecule has 0 aliphatic carbocycles. The minimum atomic E-state index is -0.357. The van der Waals surface area contributed by atoms with E-state index < -0.39 is 0 Å². The minimum Gasteiger partial charge on any atom is -0.466 e. The van der Waals surface area contributed by atoms with Gasteiger partial charge in [0.25, 0.3) is 0 Å². The van der Waals surface area contributed by atoms with Gasteiger partial charge < -0.3 is 4.74 Å². The minimum absolute atomic E-state index is 0.0667. The number of carbonyl (C=O) groups is 1. The van der Waals surface area contributed by atoms with Crippen LogP contribution in [0.2, 0.25) is 5.02 Å². The van der Waals surface area contributed by atoms with E-state index in [9.17, 15) is 4.79 Å². The van der Waals surface area contributed by atoms with Crippen molar-refractivity contribution in [3.05, 3.63) is 28.3 Å². The Balaban J connectivity index is 2.98. The molecule has 0 N–H and O–H groups in total. The molecule has 1 rings (SSSR count). The molecular weight excluding hydrogens is 246 g/mol. The molecule has 0 aliphatic heterocycles. The van der Waals surface area contributed by atoms with Gasteiger partial charge in [0.15, 0.2) is 0 Å². The summed E-state index contributed by atoms with van der Waals surface area (Å²) in [5.41, 5.74) is 1.00. The van der Waals surface area contributed by atoms with Crippen LogP contribution in [-0.2, 0) is 16.0 Å². The van der Waals surface area contributed by atoms with E-state index in [0.717, 1.165) is 0 Å². The highest BCUT2D eigenvalue weighted by Gasteiger charge is 2.12. The summed E-state index contributed by atoms with van der Waals surface area (Å²) in [6.45, 7) is 2.06. The summed E-state index contributed by atoms with van der Waals surface area (Å²) in [6, 6.07) is 5.05. The summed E-state index contributed by atoms with van der Waals surface area (Å²) in [6.07, 6.45) is 0.0667. The quantitative estimate of drug-likeness (QED) is 0.667. The van der Waals surface area contributed by atoms with Gasteiger partial charge in [-0.3, -0.25) is 4.79 Å². The van der Waals surface area contributed by atoms with Gasteiger partial charge in [-0.25, -0.2) is 0 Å². The van der Waals surface area contributed by atoms with Crippen LogP contribution >= 0.6 is 24.2 Å². The Labute approximate surface area is 104 Å². The van der Waals surface area contributed by atoms with Crippen LogP contribution in [0.3, 0.4) is 0 Å². The molecule has 84 valence electrons. The first-order valence-electron chi connectivity index (χ1n) is 4.65. The summed E-state index contributed by atoms with van der Waals surface area (Å²) in [7, 11) is 0. The molecule has 0 radical (unpaired) electrons. The van der Waals surface area contributed by atoms with Crippen molar-refractivity contribution in [2.75, 3.05) is 6.61 Å². The number of rotatable bonds is 3. The lowest BCUT2D eigenvalue weighted by Crippen LogP contribution is -2.08. The Bertz CT molecular complexity index is 431. The van der Waals surface area contributed by atoms with Crippen molar-refractivity contribution in [3.8, 4) is 6.07 Å². The maximum Gasteiger partial charge on any atom is 0.310 e. The number of carbonyl (C=O) groups excluding carboxylic acids is 1. The second-order valence-electron chi connectivity index (χ2n) is 3.05. The SMILES string of the molecule is CCOC(=O)Cc1c(S)cc(C#N)cc1Cl. The lowest BCUT2D eigenvalue weighted by molar-refractivity contribution is -0.142. The van der Waals surface area contributed by atoms with E-state index >= 15 is 0 Å². The van der Waals surface area contributed by atoms with Crippen LogP contribution in [0.1, 0.15) is 18.1 Å². The van der Waals surface area contributed by atoms with Gasteiger partial charge in [-0.05, 0) is 24.6 Å². The highest BCUT2D eigenvalue weighted by atomic mass is 35.5. The van der Waals surface area contributed by atoms with Gasteiger partial charge in [-0.1, -0.05) is 11.6 Å². The van der Waals surface area contributed by atoms with Crippen molar-refractivity contribution in [2.24, 2.45) is 0 Å². The average molecular weight is 256 g/mol. The second-order valence-corrected chi connectivity index (χ2v) is 3.94. The first-order chi connectivity index (χ1) is 7.58. The zero-order chi connectivity index (χ0) is 12.1. The molecule has 1 aromatic carbocycles. The van der Waals surface area contributed by atoms with Gasteiger partial charge in [0.1, 0.15) is 0 Å². The fourth-order valence-corrected chi connectivity index (χ4v) is 1.91. The maximum atomic E-state index is 11.3. The molecule has 0 saturated heterocycles. The topological polar surface area (TPSA) is 50.1 Å². The highest BCUT2D eigenvalue weighted by Crippen LogP contribution is 2.25. The van der Waals surface area contributed by atoms with Crippen molar-refractivity contribution in [1.29, 1.82) is 5.26 Å². The molecule has 0 saturated carbocycles. The highest BCUT2D eigenvalue weighted by molar-refractivity contribution is 7.80. The lowest BCUT2D eigenvalue weighted by Gasteiger charge is -2.07. The third kappa shape index (κ3) is 3.16. The van der Waals surface area contributed by atoms with Crippen LogP contribution in [0.5, 0.6) is 0 Å². The van der Waals surface area contributed by atoms with Gasteiger partial charge in [0.2, 0.25) is 0 Å². The van der Waals surface area contributed by atoms with Crippen molar-refractivity contribution in [1.82, 2.24) is 0 Å². The largest absolute Gasteiger partial charge is 0.466 e. The van der Waals surface area contributed by atoms with Crippen molar-refractivity contribution in [3.63, 3.8) is 0 Å². The number of esters is 1. The number of halogens is 1. The molecule has 1 aromatic rings. The third-order valence-corrected chi connectivity index (χ3v) is 2.66. The van der Waals surface area contributed by atoms with Gasteiger partial charge in [-0.15, -0.1) is 12.6 Å². The Kier molecular flexibility index (Phi) is 4.66. The van der Waals surface area contributed by atoms with Gasteiger partial charge >= 0.3 is 5.97 Å². The van der Waals surface area contributed by atoms with Crippen molar-refractivity contribution < 1.29 is 9.53 Å². The number of benzene rings is 1. The molecule has 0 spiro atoms. The first kappa shape index (κ1) is 12.9. The van der Waals surface area contributed by atoms with E-state index in [0.29, 0.717) is 27.7 Å². The Morgan fingerprint density at radius 2 is 2.31 bits per heavy atom. The molecule has 5 heteroatoms. The number of hydrogen-bond acceptors (Lipinski definition) is 4. The Hall–Kier alpha value is -1.18. The Morgan fingerprint density at radius 1 is 1.62 bits per heavy atom. The average Bonchev–Trinajstić information content (AvgIpc) is 2.23. The van der Waals surface area contributed by atoms with E-state index in [1.54, 1.807) is 13.0 Å². The summed E-state index contributed by atoms with van der Waals surface area (Å²) in [5, 5.41) is 9.07. The summed E-state index contributed by atoms with van der Waals surface area (Å²) < 4.78 is 4.82. The molecule has 0 aromatic heterocycles. The maximum absolute atomic E-state index is 11.3. The van der Waals surface area contributed by atoms with E-state index in [1.807, 2.05) is 6.07 Å². The number of thiol groups is 1. The predicted molar refractivity (Wildman–Crippen MR) is 63.8 cm³/mol. The van der Waals surface area contributed by atoms with E-state index in [2.05, 4.69) is 12.6 Å². The third-order valence-electron chi connectivity index (χ3n) is 1.93. The normalized spacial score (nSPS) is 9.62. The standard InChI is InChI=1S/C11H10ClNO2S/c1-2-15-11(14)5-8-9(12)3-7(6-13)4-10(8)16/h3-4,16H,2,5H2,1H3. The molecule has 0 fully saturated rings. The molecule has 0 atom stereocenters. The van der Waals surface area contributed by atoms with Crippen LogP contribution in [-0.4, -0.2) is 12.6 Å². The second kappa shape index (κ2) is 5.78. The number of hydrogen-bond donors (Lipinski definition) is 1. The lowest BCUT2D eigenvalue weighted by atomic mass is 10.1. The fraction of sp³-hybridized carbons (Fsp3) is 0.273. The van der Waals surface area contributed by atoms with E-state index in [-0.39, 0.29) is 12.4 Å². The first-order valence-corrected chi connectivity index (χ1v) is 5.48. The van der Waals surface area contributed by atoms with E-state index in [1.165, 1.54) is 6.07 Å². The summed E-state index contributed by atoms with van der Waals surface area (Å²) in [4.78, 5) is 11.8. The van der Waals surface area contributed by atoms with Crippen LogP contribution in [0.25, 0.3) is 0 Å². The molecular formula is C11H10ClNO2S. The Morgan fingerprint density at radius 3 is 2.81 bits per heavy atom. The zero-order valence-corrected chi connectivity index (χ0v) is 10.3. The van der Waals surface area contributed by atoms with Crippen molar-refractivity contribution in [2.45, 2.75) is 18.2 Å². The van der Waals surface area contributed by atoms with Crippen LogP contribution in [0.4, 0.5) is 0 Å². The molecule has 0 bridgehead atoms. The number of nitrogens with zero attached hydrogens (tertiary/aromatic N) is 1. The molecule has 0 unspecified atom stereocenters. The molecule has 0 heterocycles. The predicted octanol–water partition coefficient (Wildman–Crippen LogP) is 2.61. The molecule has 16 heavy (non-hydrogen) atoms. The van der Waals surface area contributed by atoms with Crippen LogP contribution in [0.15, 0.2) is 17.0 Å². The van der Waals surface area contributed by atoms with Crippen LogP contribution < -0.4 is 0 Å². The van der Waals surface area contributed by atoms with Crippen LogP contribution in [0, 0.1) is 11.3 Å². The van der Waals surface area contributed by atoms with Crippen molar-refractivity contribution >= 4 is 30.2 Å². The number of nitriles is 1. The molecule has 0 aliphatic rings.